The molecule has 0 fully saturated rings. The Morgan fingerprint density at radius 3 is 2.15 bits per heavy atom. The molecule has 0 radical (unpaired) electrons. The Balaban J connectivity index is 0.000000481. The monoisotopic (exact) mass is 434 g/mol. The van der Waals surface area contributed by atoms with E-state index in [0.29, 0.717) is 10.5 Å². The number of benzene rings is 1. The quantitative estimate of drug-likeness (QED) is 0.265. The van der Waals surface area contributed by atoms with Gasteiger partial charge in [-0.15, -0.1) is 0 Å². The van der Waals surface area contributed by atoms with Crippen molar-refractivity contribution in [2.75, 3.05) is 0 Å². The topological polar surface area (TPSA) is 129 Å². The summed E-state index contributed by atoms with van der Waals surface area (Å²) in [6.07, 6.45) is 1.13. The molecule has 0 amide bonds. The molecule has 2 N–H and O–H groups in total. The largest absolute Gasteiger partial charge is 0.494 e. The van der Waals surface area contributed by atoms with E-state index in [0.717, 1.165) is 6.08 Å². The Morgan fingerprint density at radius 1 is 1.19 bits per heavy atom. The number of carbonyl (C=O) groups excluding carboxylic acids is 1. The first-order chi connectivity index (χ1) is 12.2. The molecule has 0 saturated heterocycles. The first-order valence-electron chi connectivity index (χ1n) is 7.32. The molecule has 0 aliphatic rings. The van der Waals surface area contributed by atoms with Gasteiger partial charge in [-0.1, -0.05) is 12.6 Å². The third-order valence-electron chi connectivity index (χ3n) is 2.83. The molecular weight excluding hydrogens is 412 g/mol. The lowest BCUT2D eigenvalue weighted by molar-refractivity contribution is -0.130. The van der Waals surface area contributed by atoms with Gasteiger partial charge in [0.1, 0.15) is 10.5 Å². The third kappa shape index (κ3) is 9.56. The van der Waals surface area contributed by atoms with Gasteiger partial charge in [-0.05, 0) is 31.2 Å². The summed E-state index contributed by atoms with van der Waals surface area (Å²) in [6, 6.07) is 4.17. The summed E-state index contributed by atoms with van der Waals surface area (Å²) < 4.78 is 20.2. The Kier molecular flexibility index (Phi) is 12.4. The van der Waals surface area contributed by atoms with E-state index in [2.05, 4.69) is 6.58 Å². The number of rotatable bonds is 9. The highest BCUT2D eigenvalue weighted by molar-refractivity contribution is 6.53. The van der Waals surface area contributed by atoms with Crippen LogP contribution in [-0.2, 0) is 21.6 Å². The lowest BCUT2D eigenvalue weighted by atomic mass is 10.0. The number of hydrogen-bond donors (Lipinski definition) is 2. The third-order valence-corrected chi connectivity index (χ3v) is 8.09. The molecular formula is C13H22O9Si4. The van der Waals surface area contributed by atoms with Gasteiger partial charge in [0.05, 0.1) is 11.1 Å². The van der Waals surface area contributed by atoms with E-state index < -0.39 is 47.2 Å². The molecule has 0 bridgehead atoms. The molecule has 0 heterocycles. The van der Waals surface area contributed by atoms with E-state index in [-0.39, 0.29) is 16.7 Å². The average Bonchev–Trinajstić information content (AvgIpc) is 2.58. The summed E-state index contributed by atoms with van der Waals surface area (Å²) in [5.41, 5.74) is 0.335. The highest BCUT2D eigenvalue weighted by Crippen LogP contribution is 2.13. The SMILES string of the molecule is C=CC(=O)O[SiH](C)O[SiH2]O[SiH2]O[SiH3].Cc1c(C(=O)O)cccc1C(=O)O. The molecule has 0 aromatic heterocycles. The second-order valence-electron chi connectivity index (χ2n) is 4.69. The summed E-state index contributed by atoms with van der Waals surface area (Å²) >= 11 is 0. The number of carboxylic acids is 2. The molecule has 0 aliphatic carbocycles. The van der Waals surface area contributed by atoms with Crippen molar-refractivity contribution in [1.82, 2.24) is 0 Å². The maximum atomic E-state index is 10.7. The highest BCUT2D eigenvalue weighted by atomic mass is 28.4. The van der Waals surface area contributed by atoms with E-state index in [1.807, 2.05) is 0 Å². The maximum Gasteiger partial charge on any atom is 0.373 e. The summed E-state index contributed by atoms with van der Waals surface area (Å²) in [6.45, 7) is 6.54. The predicted octanol–water partition coefficient (Wildman–Crippen LogP) is -1.71. The minimum absolute atomic E-state index is 0.0277. The molecule has 144 valence electrons. The van der Waals surface area contributed by atoms with Gasteiger partial charge in [0, 0.05) is 6.08 Å². The van der Waals surface area contributed by atoms with E-state index in [4.69, 9.17) is 27.0 Å². The zero-order chi connectivity index (χ0) is 20.1. The Labute approximate surface area is 160 Å². The van der Waals surface area contributed by atoms with Crippen molar-refractivity contribution in [2.45, 2.75) is 13.5 Å². The maximum absolute atomic E-state index is 10.7. The van der Waals surface area contributed by atoms with E-state index in [9.17, 15) is 14.4 Å². The van der Waals surface area contributed by atoms with Crippen molar-refractivity contribution in [2.24, 2.45) is 0 Å². The summed E-state index contributed by atoms with van der Waals surface area (Å²) in [7, 11) is -2.89. The van der Waals surface area contributed by atoms with Crippen LogP contribution in [0.3, 0.4) is 0 Å². The van der Waals surface area contributed by atoms with Gasteiger partial charge in [0.15, 0.2) is 0 Å². The van der Waals surface area contributed by atoms with Crippen LogP contribution in [0.4, 0.5) is 0 Å². The van der Waals surface area contributed by atoms with Crippen LogP contribution in [-0.4, -0.2) is 67.9 Å². The van der Waals surface area contributed by atoms with Gasteiger partial charge in [0.2, 0.25) is 0 Å². The Bertz CT molecular complexity index is 606. The zero-order valence-electron chi connectivity index (χ0n) is 14.8. The van der Waals surface area contributed by atoms with Crippen molar-refractivity contribution in [1.29, 1.82) is 0 Å². The molecule has 26 heavy (non-hydrogen) atoms. The molecule has 1 unspecified atom stereocenters. The number of aromatic carboxylic acids is 2. The summed E-state index contributed by atoms with van der Waals surface area (Å²) in [5, 5.41) is 17.4. The predicted molar refractivity (Wildman–Crippen MR) is 105 cm³/mol. The average molecular weight is 435 g/mol. The minimum Gasteiger partial charge on any atom is -0.494 e. The highest BCUT2D eigenvalue weighted by Gasteiger charge is 2.13. The van der Waals surface area contributed by atoms with E-state index in [1.54, 1.807) is 6.55 Å². The fourth-order valence-corrected chi connectivity index (χ4v) is 6.76. The molecule has 1 aromatic carbocycles. The van der Waals surface area contributed by atoms with Gasteiger partial charge >= 0.3 is 27.2 Å². The summed E-state index contributed by atoms with van der Waals surface area (Å²) in [4.78, 5) is 31.9. The molecule has 1 rings (SSSR count). The van der Waals surface area contributed by atoms with Crippen molar-refractivity contribution >= 4 is 57.7 Å². The van der Waals surface area contributed by atoms with Crippen molar-refractivity contribution in [3.05, 3.63) is 47.5 Å². The Morgan fingerprint density at radius 2 is 1.73 bits per heavy atom. The van der Waals surface area contributed by atoms with Gasteiger partial charge in [-0.25, -0.2) is 14.4 Å². The van der Waals surface area contributed by atoms with Crippen molar-refractivity contribution in [3.8, 4) is 0 Å². The summed E-state index contributed by atoms with van der Waals surface area (Å²) in [5.74, 6) is -2.65. The fraction of sp³-hybridized carbons (Fsp3) is 0.154. The van der Waals surface area contributed by atoms with Gasteiger partial charge in [-0.3, -0.25) is 0 Å². The van der Waals surface area contributed by atoms with Crippen LogP contribution in [0.5, 0.6) is 0 Å². The lowest BCUT2D eigenvalue weighted by Crippen LogP contribution is -2.25. The van der Waals surface area contributed by atoms with Gasteiger partial charge in [0.25, 0.3) is 20.0 Å². The molecule has 9 nitrogen and oxygen atoms in total. The van der Waals surface area contributed by atoms with Crippen LogP contribution in [0.25, 0.3) is 0 Å². The smallest absolute Gasteiger partial charge is 0.373 e. The first kappa shape index (κ1) is 24.1. The van der Waals surface area contributed by atoms with Crippen LogP contribution in [0.15, 0.2) is 30.9 Å². The normalized spacial score (nSPS) is 11.9. The lowest BCUT2D eigenvalue weighted by Gasteiger charge is -2.11. The van der Waals surface area contributed by atoms with Crippen molar-refractivity contribution < 1.29 is 41.4 Å². The molecule has 1 aromatic rings. The standard InChI is InChI=1S/C9H8O4.C4H14O5Si4/c1-5-6(8(10)11)3-2-4-7(5)9(12)13;1-3-4(5)6-13(2)9-12-8-11-7-10/h2-4H,1H3,(H,10,11)(H,12,13);3,13H,1,11-12H2,2,10H3. The molecule has 0 spiro atoms. The molecule has 1 atom stereocenters. The second-order valence-corrected chi connectivity index (χ2v) is 11.8. The Hall–Kier alpha value is -1.88. The molecule has 0 saturated carbocycles. The first-order valence-corrected chi connectivity index (χ1v) is 12.5. The fourth-order valence-electron chi connectivity index (χ4n) is 1.61. The van der Waals surface area contributed by atoms with Crippen LogP contribution in [0.2, 0.25) is 6.55 Å². The number of carbonyl (C=O) groups is 3. The van der Waals surface area contributed by atoms with Crippen LogP contribution < -0.4 is 0 Å². The van der Waals surface area contributed by atoms with Crippen molar-refractivity contribution in [3.63, 3.8) is 0 Å². The van der Waals surface area contributed by atoms with Gasteiger partial charge in [-0.2, -0.15) is 0 Å². The molecule has 0 aliphatic heterocycles. The van der Waals surface area contributed by atoms with E-state index in [1.165, 1.54) is 25.1 Å². The van der Waals surface area contributed by atoms with Crippen LogP contribution in [0, 0.1) is 6.92 Å². The zero-order valence-corrected chi connectivity index (χ0v) is 20.7. The van der Waals surface area contributed by atoms with Gasteiger partial charge < -0.3 is 27.0 Å². The van der Waals surface area contributed by atoms with Crippen LogP contribution >= 0.6 is 0 Å². The second kappa shape index (κ2) is 13.3. The molecule has 13 heteroatoms. The number of hydrogen-bond acceptors (Lipinski definition) is 7. The minimum atomic E-state index is -1.83. The number of carboxylic acid groups (broad SMARTS) is 2. The van der Waals surface area contributed by atoms with Crippen LogP contribution in [0.1, 0.15) is 26.3 Å². The van der Waals surface area contributed by atoms with E-state index >= 15 is 0 Å².